The van der Waals surface area contributed by atoms with Crippen molar-refractivity contribution in [2.45, 2.75) is 13.0 Å². The molecule has 0 aromatic heterocycles. The average molecular weight is 274 g/mol. The summed E-state index contributed by atoms with van der Waals surface area (Å²) in [5.41, 5.74) is 0.949. The number of ether oxygens (including phenoxy) is 1. The van der Waals surface area contributed by atoms with E-state index in [1.54, 1.807) is 24.0 Å². The molecule has 1 unspecified atom stereocenters. The van der Waals surface area contributed by atoms with Crippen LogP contribution >= 0.6 is 23.2 Å². The van der Waals surface area contributed by atoms with Gasteiger partial charge in [0.2, 0.25) is 5.91 Å². The summed E-state index contributed by atoms with van der Waals surface area (Å²) in [7, 11) is 0. The van der Waals surface area contributed by atoms with Crippen molar-refractivity contribution in [3.63, 3.8) is 0 Å². The zero-order chi connectivity index (χ0) is 12.4. The Morgan fingerprint density at radius 2 is 2.18 bits per heavy atom. The smallest absolute Gasteiger partial charge is 0.219 e. The van der Waals surface area contributed by atoms with E-state index in [0.717, 1.165) is 5.56 Å². The van der Waals surface area contributed by atoms with Crippen LogP contribution in [0.5, 0.6) is 0 Å². The molecule has 1 amide bonds. The van der Waals surface area contributed by atoms with E-state index >= 15 is 0 Å². The summed E-state index contributed by atoms with van der Waals surface area (Å²) in [4.78, 5) is 13.1. The molecule has 0 saturated carbocycles. The molecule has 1 aliphatic rings. The molecule has 1 heterocycles. The van der Waals surface area contributed by atoms with Crippen molar-refractivity contribution >= 4 is 29.1 Å². The lowest BCUT2D eigenvalue weighted by atomic mass is 10.1. The van der Waals surface area contributed by atoms with Crippen LogP contribution in [-0.2, 0) is 9.53 Å². The van der Waals surface area contributed by atoms with Gasteiger partial charge in [-0.2, -0.15) is 0 Å². The second-order valence-electron chi connectivity index (χ2n) is 4.00. The van der Waals surface area contributed by atoms with Crippen LogP contribution in [0.2, 0.25) is 10.0 Å². The van der Waals surface area contributed by atoms with Crippen LogP contribution in [-0.4, -0.2) is 30.5 Å². The number of hydrogen-bond donors (Lipinski definition) is 0. The topological polar surface area (TPSA) is 29.5 Å². The highest BCUT2D eigenvalue weighted by molar-refractivity contribution is 6.42. The van der Waals surface area contributed by atoms with E-state index in [4.69, 9.17) is 27.9 Å². The normalized spacial score (nSPS) is 20.4. The molecule has 5 heteroatoms. The molecule has 1 fully saturated rings. The third-order valence-corrected chi connectivity index (χ3v) is 3.57. The highest BCUT2D eigenvalue weighted by atomic mass is 35.5. The van der Waals surface area contributed by atoms with Gasteiger partial charge in [0.05, 0.1) is 23.2 Å². The average Bonchev–Trinajstić information content (AvgIpc) is 2.33. The molecule has 1 aromatic carbocycles. The lowest BCUT2D eigenvalue weighted by molar-refractivity contribution is -0.136. The summed E-state index contributed by atoms with van der Waals surface area (Å²) in [5, 5.41) is 1.03. The van der Waals surface area contributed by atoms with E-state index in [1.807, 2.05) is 6.07 Å². The van der Waals surface area contributed by atoms with Crippen molar-refractivity contribution in [3.05, 3.63) is 33.8 Å². The fourth-order valence-electron chi connectivity index (χ4n) is 1.85. The predicted octanol–water partition coefficient (Wildman–Crippen LogP) is 2.91. The van der Waals surface area contributed by atoms with E-state index in [9.17, 15) is 4.79 Å². The number of halogens is 2. The minimum absolute atomic E-state index is 0.0679. The van der Waals surface area contributed by atoms with Crippen LogP contribution in [0.15, 0.2) is 18.2 Å². The maximum atomic E-state index is 11.3. The third-order valence-electron chi connectivity index (χ3n) is 2.83. The molecule has 3 nitrogen and oxygen atoms in total. The van der Waals surface area contributed by atoms with Crippen molar-refractivity contribution in [2.75, 3.05) is 19.7 Å². The lowest BCUT2D eigenvalue weighted by Crippen LogP contribution is -2.41. The van der Waals surface area contributed by atoms with E-state index in [1.165, 1.54) is 0 Å². The molecule has 0 aliphatic carbocycles. The fraction of sp³-hybridized carbons (Fsp3) is 0.417. The molecule has 2 rings (SSSR count). The van der Waals surface area contributed by atoms with Gasteiger partial charge in [-0.1, -0.05) is 29.3 Å². The molecule has 1 atom stereocenters. The Kier molecular flexibility index (Phi) is 3.92. The van der Waals surface area contributed by atoms with Gasteiger partial charge < -0.3 is 9.64 Å². The number of carbonyl (C=O) groups excluding carboxylic acids is 1. The Hall–Kier alpha value is -0.770. The van der Waals surface area contributed by atoms with Gasteiger partial charge in [0.25, 0.3) is 0 Å². The van der Waals surface area contributed by atoms with Crippen molar-refractivity contribution in [1.29, 1.82) is 0 Å². The van der Waals surface area contributed by atoms with Gasteiger partial charge in [0.15, 0.2) is 0 Å². The number of benzene rings is 1. The zero-order valence-electron chi connectivity index (χ0n) is 9.45. The summed E-state index contributed by atoms with van der Waals surface area (Å²) in [6, 6.07) is 5.41. The van der Waals surface area contributed by atoms with E-state index in [0.29, 0.717) is 29.7 Å². The zero-order valence-corrected chi connectivity index (χ0v) is 11.0. The van der Waals surface area contributed by atoms with Gasteiger partial charge in [-0.15, -0.1) is 0 Å². The monoisotopic (exact) mass is 273 g/mol. The lowest BCUT2D eigenvalue weighted by Gasteiger charge is -2.32. The van der Waals surface area contributed by atoms with Gasteiger partial charge in [-0.25, -0.2) is 0 Å². The molecular weight excluding hydrogens is 261 g/mol. The first-order valence-corrected chi connectivity index (χ1v) is 6.15. The molecule has 1 aliphatic heterocycles. The molecule has 0 spiro atoms. The summed E-state index contributed by atoms with van der Waals surface area (Å²) in [6.07, 6.45) is -0.123. The number of rotatable bonds is 1. The molecule has 1 aromatic rings. The second kappa shape index (κ2) is 5.25. The van der Waals surface area contributed by atoms with E-state index in [2.05, 4.69) is 0 Å². The van der Waals surface area contributed by atoms with Crippen molar-refractivity contribution in [2.24, 2.45) is 0 Å². The summed E-state index contributed by atoms with van der Waals surface area (Å²) >= 11 is 11.8. The van der Waals surface area contributed by atoms with Gasteiger partial charge in [0.1, 0.15) is 6.10 Å². The SMILES string of the molecule is CC(=O)N1CCOC(c2ccc(Cl)c(Cl)c2)C1. The standard InChI is InChI=1S/C12H13Cl2NO2/c1-8(16)15-4-5-17-12(7-15)9-2-3-10(13)11(14)6-9/h2-3,6,12H,4-5,7H2,1H3. The predicted molar refractivity (Wildman–Crippen MR) is 67.4 cm³/mol. The van der Waals surface area contributed by atoms with E-state index in [-0.39, 0.29) is 12.0 Å². The van der Waals surface area contributed by atoms with Crippen LogP contribution in [0, 0.1) is 0 Å². The van der Waals surface area contributed by atoms with Gasteiger partial charge >= 0.3 is 0 Å². The summed E-state index contributed by atoms with van der Waals surface area (Å²) in [6.45, 7) is 3.32. The van der Waals surface area contributed by atoms with Gasteiger partial charge in [-0.05, 0) is 17.7 Å². The highest BCUT2D eigenvalue weighted by Gasteiger charge is 2.23. The van der Waals surface area contributed by atoms with Crippen LogP contribution in [0.4, 0.5) is 0 Å². The maximum Gasteiger partial charge on any atom is 0.219 e. The number of amides is 1. The van der Waals surface area contributed by atoms with Gasteiger partial charge in [-0.3, -0.25) is 4.79 Å². The van der Waals surface area contributed by atoms with Crippen LogP contribution in [0.1, 0.15) is 18.6 Å². The quantitative estimate of drug-likeness (QED) is 0.788. The first-order valence-electron chi connectivity index (χ1n) is 5.40. The third kappa shape index (κ3) is 2.92. The molecule has 92 valence electrons. The number of nitrogens with zero attached hydrogens (tertiary/aromatic N) is 1. The molecule has 0 N–H and O–H groups in total. The minimum Gasteiger partial charge on any atom is -0.370 e. The Balaban J connectivity index is 2.16. The van der Waals surface area contributed by atoms with Crippen molar-refractivity contribution in [1.82, 2.24) is 4.90 Å². The number of morpholine rings is 1. The Morgan fingerprint density at radius 1 is 1.41 bits per heavy atom. The molecule has 17 heavy (non-hydrogen) atoms. The van der Waals surface area contributed by atoms with Crippen LogP contribution in [0.3, 0.4) is 0 Å². The van der Waals surface area contributed by atoms with E-state index < -0.39 is 0 Å². The van der Waals surface area contributed by atoms with Crippen molar-refractivity contribution < 1.29 is 9.53 Å². The Morgan fingerprint density at radius 3 is 2.82 bits per heavy atom. The number of hydrogen-bond acceptors (Lipinski definition) is 2. The largest absolute Gasteiger partial charge is 0.370 e. The van der Waals surface area contributed by atoms with Crippen LogP contribution < -0.4 is 0 Å². The Labute approximate surface area is 110 Å². The van der Waals surface area contributed by atoms with Crippen molar-refractivity contribution in [3.8, 4) is 0 Å². The fourth-order valence-corrected chi connectivity index (χ4v) is 2.16. The Bertz CT molecular complexity index is 437. The molecule has 1 saturated heterocycles. The first-order chi connectivity index (χ1) is 8.08. The second-order valence-corrected chi connectivity index (χ2v) is 4.81. The van der Waals surface area contributed by atoms with Crippen LogP contribution in [0.25, 0.3) is 0 Å². The minimum atomic E-state index is -0.123. The molecular formula is C12H13Cl2NO2. The van der Waals surface area contributed by atoms with Gasteiger partial charge in [0, 0.05) is 13.5 Å². The summed E-state index contributed by atoms with van der Waals surface area (Å²) in [5.74, 6) is 0.0679. The highest BCUT2D eigenvalue weighted by Crippen LogP contribution is 2.28. The maximum absolute atomic E-state index is 11.3. The molecule has 0 radical (unpaired) electrons. The first kappa shape index (κ1) is 12.7. The number of carbonyl (C=O) groups is 1. The molecule has 0 bridgehead atoms. The summed E-state index contributed by atoms with van der Waals surface area (Å²) < 4.78 is 5.64.